The number of ether oxygens (including phenoxy) is 5. The molecule has 2 aromatic carbocycles. The monoisotopic (exact) mass is 748 g/mol. The van der Waals surface area contributed by atoms with Gasteiger partial charge in [-0.05, 0) is 76.6 Å². The molecule has 0 aliphatic carbocycles. The summed E-state index contributed by atoms with van der Waals surface area (Å²) in [7, 11) is 1.48. The van der Waals surface area contributed by atoms with Crippen molar-refractivity contribution in [2.45, 2.75) is 88.3 Å². The number of aromatic nitrogens is 3. The molecule has 0 saturated carbocycles. The van der Waals surface area contributed by atoms with Crippen LogP contribution in [0.25, 0.3) is 32.9 Å². The number of benzene rings is 2. The smallest absolute Gasteiger partial charge is 0.410 e. The molecule has 12 nitrogen and oxygen atoms in total. The lowest BCUT2D eigenvalue weighted by atomic mass is 9.95. The summed E-state index contributed by atoms with van der Waals surface area (Å²) >= 11 is 0. The molecule has 1 amide bonds. The molecular formula is C39H43F3N6O6. The number of methoxy groups -OCH3 is 1. The van der Waals surface area contributed by atoms with E-state index in [0.717, 1.165) is 25.8 Å². The zero-order valence-corrected chi connectivity index (χ0v) is 30.7. The molecular weight excluding hydrogens is 705 g/mol. The summed E-state index contributed by atoms with van der Waals surface area (Å²) < 4.78 is 77.2. The first-order valence-electron chi connectivity index (χ1n) is 18.6. The standard InChI is InChI=1S/C39H43F3N6O6/c1-38(2,3)54-37(49)48-23-9-10-27(48)28-18-51-35-30-33(31(42)32(43-35)25-14-24(53-20-50-4)13-21-7-5-8-26(41)29(21)25)44-36(45-34(30)47(28)17-23)52-19-39-11-6-12-46(39)16-22(40)15-39/h5,7-8,13-14,22-23,27-28H,6,9-12,15-20H2,1-4H3/t22-,23-,27+,28+,39+/m0/s1. The van der Waals surface area contributed by atoms with Gasteiger partial charge in [0, 0.05) is 37.6 Å². The van der Waals surface area contributed by atoms with E-state index < -0.39 is 41.1 Å². The summed E-state index contributed by atoms with van der Waals surface area (Å²) in [5.41, 5.74) is -1.35. The van der Waals surface area contributed by atoms with E-state index in [0.29, 0.717) is 42.9 Å². The molecule has 0 unspecified atom stereocenters. The summed E-state index contributed by atoms with van der Waals surface area (Å²) in [5, 5.41) is 0.862. The molecule has 5 aliphatic heterocycles. The Morgan fingerprint density at radius 1 is 1.06 bits per heavy atom. The highest BCUT2D eigenvalue weighted by Crippen LogP contribution is 2.47. The zero-order valence-electron chi connectivity index (χ0n) is 30.7. The number of carbonyl (C=O) groups is 1. The van der Waals surface area contributed by atoms with Gasteiger partial charge in [-0.15, -0.1) is 0 Å². The van der Waals surface area contributed by atoms with Gasteiger partial charge in [0.05, 0.1) is 23.7 Å². The van der Waals surface area contributed by atoms with Gasteiger partial charge in [-0.25, -0.2) is 22.9 Å². The summed E-state index contributed by atoms with van der Waals surface area (Å²) in [4.78, 5) is 33.8. The van der Waals surface area contributed by atoms with Crippen molar-refractivity contribution in [1.29, 1.82) is 0 Å². The van der Waals surface area contributed by atoms with Crippen LogP contribution < -0.4 is 19.1 Å². The number of nitrogens with zero attached hydrogens (tertiary/aromatic N) is 6. The van der Waals surface area contributed by atoms with E-state index in [1.807, 2.05) is 25.7 Å². The Kier molecular flexibility index (Phi) is 8.45. The second kappa shape index (κ2) is 13.0. The highest BCUT2D eigenvalue weighted by atomic mass is 19.1. The van der Waals surface area contributed by atoms with Crippen LogP contribution in [-0.2, 0) is 9.47 Å². The molecule has 4 aromatic rings. The van der Waals surface area contributed by atoms with Crippen LogP contribution in [0, 0.1) is 11.6 Å². The van der Waals surface area contributed by atoms with Crippen molar-refractivity contribution in [1.82, 2.24) is 24.8 Å². The second-order valence-electron chi connectivity index (χ2n) is 16.1. The van der Waals surface area contributed by atoms with Crippen molar-refractivity contribution in [2.24, 2.45) is 0 Å². The van der Waals surface area contributed by atoms with Crippen LogP contribution in [0.2, 0.25) is 0 Å². The zero-order chi connectivity index (χ0) is 37.5. The molecule has 0 radical (unpaired) electrons. The maximum atomic E-state index is 17.4. The summed E-state index contributed by atoms with van der Waals surface area (Å²) in [6, 6.07) is 6.81. The lowest BCUT2D eigenvalue weighted by Gasteiger charge is -2.46. The van der Waals surface area contributed by atoms with Crippen molar-refractivity contribution >= 4 is 33.6 Å². The van der Waals surface area contributed by atoms with Crippen LogP contribution >= 0.6 is 0 Å². The van der Waals surface area contributed by atoms with Gasteiger partial charge in [0.25, 0.3) is 0 Å². The van der Waals surface area contributed by atoms with Gasteiger partial charge in [0.15, 0.2) is 12.6 Å². The number of fused-ring (bicyclic) bond motifs is 7. The number of anilines is 1. The van der Waals surface area contributed by atoms with E-state index in [1.54, 1.807) is 18.2 Å². The van der Waals surface area contributed by atoms with E-state index in [4.69, 9.17) is 33.7 Å². The summed E-state index contributed by atoms with van der Waals surface area (Å²) in [6.45, 7) is 7.17. The largest absolute Gasteiger partial charge is 0.475 e. The minimum absolute atomic E-state index is 0.0705. The Labute approximate surface area is 310 Å². The predicted molar refractivity (Wildman–Crippen MR) is 193 cm³/mol. The number of hydrogen-bond acceptors (Lipinski definition) is 11. The Morgan fingerprint density at radius 2 is 1.91 bits per heavy atom. The third-order valence-corrected chi connectivity index (χ3v) is 11.5. The maximum Gasteiger partial charge on any atom is 0.410 e. The number of carbonyl (C=O) groups excluding carboxylic acids is 1. The number of piperazine rings is 1. The Balaban J connectivity index is 1.19. The highest BCUT2D eigenvalue weighted by molar-refractivity contribution is 6.02. The van der Waals surface area contributed by atoms with E-state index in [2.05, 4.69) is 14.8 Å². The fourth-order valence-corrected chi connectivity index (χ4v) is 9.31. The van der Waals surface area contributed by atoms with Crippen LogP contribution in [0.4, 0.5) is 23.8 Å². The number of halogens is 3. The molecule has 0 spiro atoms. The van der Waals surface area contributed by atoms with Gasteiger partial charge < -0.3 is 28.6 Å². The molecule has 0 N–H and O–H groups in total. The van der Waals surface area contributed by atoms with E-state index in [-0.39, 0.29) is 71.5 Å². The summed E-state index contributed by atoms with van der Waals surface area (Å²) in [5.74, 6) is -0.626. The molecule has 7 heterocycles. The first kappa shape index (κ1) is 35.1. The quantitative estimate of drug-likeness (QED) is 0.196. The van der Waals surface area contributed by atoms with Crippen LogP contribution in [0.5, 0.6) is 17.6 Å². The van der Waals surface area contributed by atoms with Gasteiger partial charge in [-0.2, -0.15) is 9.97 Å². The molecule has 5 aliphatic rings. The SMILES string of the molecule is COCOc1cc(-c2nc3c4c(nc(OC[C@]56CCCN5C[C@@H](F)C6)nc4c2F)N2C[C@@H]4CC[C@H]([C@H]2CO3)N4C(=O)OC(C)(C)C)c2c(F)cccc2c1. The van der Waals surface area contributed by atoms with E-state index in [9.17, 15) is 9.18 Å². The van der Waals surface area contributed by atoms with Crippen LogP contribution in [0.1, 0.15) is 52.9 Å². The Morgan fingerprint density at radius 3 is 2.72 bits per heavy atom. The lowest BCUT2D eigenvalue weighted by molar-refractivity contribution is 0.00537. The minimum Gasteiger partial charge on any atom is -0.475 e. The minimum atomic E-state index is -0.960. The first-order chi connectivity index (χ1) is 25.9. The molecule has 2 aromatic heterocycles. The molecule has 4 fully saturated rings. The van der Waals surface area contributed by atoms with Gasteiger partial charge in [-0.1, -0.05) is 12.1 Å². The first-order valence-corrected chi connectivity index (χ1v) is 18.6. The lowest BCUT2D eigenvalue weighted by Crippen LogP contribution is -2.63. The van der Waals surface area contributed by atoms with Crippen molar-refractivity contribution < 1.29 is 41.7 Å². The Hall–Kier alpha value is -4.63. The van der Waals surface area contributed by atoms with Crippen molar-refractivity contribution in [2.75, 3.05) is 51.7 Å². The third kappa shape index (κ3) is 5.81. The number of alkyl halides is 1. The Bertz CT molecular complexity index is 2150. The number of amides is 1. The molecule has 5 atom stereocenters. The third-order valence-electron chi connectivity index (χ3n) is 11.5. The topological polar surface area (TPSA) is 112 Å². The normalized spacial score (nSPS) is 26.1. The fraction of sp³-hybridized carbons (Fsp3) is 0.538. The average molecular weight is 749 g/mol. The van der Waals surface area contributed by atoms with E-state index in [1.165, 1.54) is 19.2 Å². The summed E-state index contributed by atoms with van der Waals surface area (Å²) in [6.07, 6.45) is 2.13. The molecule has 9 rings (SSSR count). The average Bonchev–Trinajstić information content (AvgIpc) is 3.73. The van der Waals surface area contributed by atoms with Crippen molar-refractivity contribution in [3.63, 3.8) is 0 Å². The van der Waals surface area contributed by atoms with Crippen LogP contribution in [0.3, 0.4) is 0 Å². The molecule has 286 valence electrons. The maximum absolute atomic E-state index is 17.4. The van der Waals surface area contributed by atoms with Gasteiger partial charge in [-0.3, -0.25) is 9.80 Å². The molecule has 4 saturated heterocycles. The molecule has 2 bridgehead atoms. The van der Waals surface area contributed by atoms with E-state index >= 15 is 8.78 Å². The highest BCUT2D eigenvalue weighted by Gasteiger charge is 2.52. The molecule has 54 heavy (non-hydrogen) atoms. The number of hydrogen-bond donors (Lipinski definition) is 0. The number of rotatable bonds is 7. The number of pyridine rings is 1. The fourth-order valence-electron chi connectivity index (χ4n) is 9.31. The second-order valence-corrected chi connectivity index (χ2v) is 16.1. The van der Waals surface area contributed by atoms with Crippen LogP contribution in [0.15, 0.2) is 30.3 Å². The van der Waals surface area contributed by atoms with Crippen LogP contribution in [-0.4, -0.2) is 113 Å². The van der Waals surface area contributed by atoms with Crippen molar-refractivity contribution in [3.8, 4) is 28.9 Å². The van der Waals surface area contributed by atoms with Gasteiger partial charge in [0.2, 0.25) is 5.88 Å². The van der Waals surface area contributed by atoms with Gasteiger partial charge >= 0.3 is 12.1 Å². The van der Waals surface area contributed by atoms with Gasteiger partial charge in [0.1, 0.15) is 59.0 Å². The van der Waals surface area contributed by atoms with Crippen molar-refractivity contribution in [3.05, 3.63) is 42.0 Å². The molecule has 15 heteroatoms. The predicted octanol–water partition coefficient (Wildman–Crippen LogP) is 6.41.